The predicted molar refractivity (Wildman–Crippen MR) is 107 cm³/mol. The summed E-state index contributed by atoms with van der Waals surface area (Å²) < 4.78 is 0. The summed E-state index contributed by atoms with van der Waals surface area (Å²) >= 11 is 0. The first-order valence-corrected chi connectivity index (χ1v) is 10.9. The normalized spacial score (nSPS) is 38.1. The van der Waals surface area contributed by atoms with Gasteiger partial charge in [-0.3, -0.25) is 4.90 Å². The third kappa shape index (κ3) is 4.79. The van der Waals surface area contributed by atoms with Crippen molar-refractivity contribution in [3.8, 4) is 6.07 Å². The smallest absolute Gasteiger partial charge is 0.0954 e. The summed E-state index contributed by atoms with van der Waals surface area (Å²) in [7, 11) is 0. The van der Waals surface area contributed by atoms with Gasteiger partial charge in [0.05, 0.1) is 12.1 Å². The monoisotopic (exact) mass is 346 g/mol. The molecular formula is C23H42N2. The molecule has 2 heteroatoms. The number of hydrogen-bond acceptors (Lipinski definition) is 2. The largest absolute Gasteiger partial charge is 0.282 e. The van der Waals surface area contributed by atoms with Crippen molar-refractivity contribution >= 4 is 0 Å². The van der Waals surface area contributed by atoms with Gasteiger partial charge in [0, 0.05) is 12.1 Å². The molecule has 0 heterocycles. The Kier molecular flexibility index (Phi) is 7.39. The molecule has 2 nitrogen and oxygen atoms in total. The van der Waals surface area contributed by atoms with Crippen LogP contribution in [-0.4, -0.2) is 23.0 Å². The molecule has 0 aliphatic heterocycles. The Morgan fingerprint density at radius 3 is 1.48 bits per heavy atom. The first-order valence-electron chi connectivity index (χ1n) is 10.9. The third-order valence-corrected chi connectivity index (χ3v) is 7.37. The van der Waals surface area contributed by atoms with Crippen molar-refractivity contribution in [1.29, 1.82) is 5.26 Å². The predicted octanol–water partition coefficient (Wildman–Crippen LogP) is 6.12. The van der Waals surface area contributed by atoms with Crippen LogP contribution in [0.25, 0.3) is 0 Å². The molecule has 144 valence electrons. The van der Waals surface area contributed by atoms with Crippen molar-refractivity contribution in [3.05, 3.63) is 0 Å². The molecule has 0 spiro atoms. The minimum Gasteiger partial charge on any atom is -0.282 e. The van der Waals surface area contributed by atoms with Crippen LogP contribution in [0.2, 0.25) is 0 Å². The van der Waals surface area contributed by atoms with Gasteiger partial charge in [0.25, 0.3) is 0 Å². The van der Waals surface area contributed by atoms with Crippen LogP contribution in [-0.2, 0) is 0 Å². The topological polar surface area (TPSA) is 27.0 Å². The van der Waals surface area contributed by atoms with Gasteiger partial charge in [-0.1, -0.05) is 54.4 Å². The van der Waals surface area contributed by atoms with Gasteiger partial charge in [0.1, 0.15) is 0 Å². The molecule has 2 rings (SSSR count). The molecule has 2 saturated carbocycles. The average molecular weight is 347 g/mol. The van der Waals surface area contributed by atoms with E-state index in [9.17, 15) is 5.26 Å². The highest BCUT2D eigenvalue weighted by Gasteiger charge is 2.43. The van der Waals surface area contributed by atoms with E-state index in [1.54, 1.807) is 0 Å². The Bertz CT molecular complexity index is 417. The molecule has 0 N–H and O–H groups in total. The second kappa shape index (κ2) is 8.90. The Hall–Kier alpha value is -0.550. The third-order valence-electron chi connectivity index (χ3n) is 7.37. The highest BCUT2D eigenvalue weighted by atomic mass is 15.2. The zero-order valence-corrected chi connectivity index (χ0v) is 17.8. The fraction of sp³-hybridized carbons (Fsp3) is 0.957. The van der Waals surface area contributed by atoms with Gasteiger partial charge in [0.2, 0.25) is 0 Å². The van der Waals surface area contributed by atoms with E-state index in [2.05, 4.69) is 59.4 Å². The molecule has 0 amide bonds. The van der Waals surface area contributed by atoms with Crippen molar-refractivity contribution in [2.75, 3.05) is 0 Å². The lowest BCUT2D eigenvalue weighted by molar-refractivity contribution is -0.0336. The molecule has 0 radical (unpaired) electrons. The Balaban J connectivity index is 2.37. The van der Waals surface area contributed by atoms with Crippen LogP contribution in [0.4, 0.5) is 0 Å². The second-order valence-corrected chi connectivity index (χ2v) is 10.0. The van der Waals surface area contributed by atoms with E-state index in [-0.39, 0.29) is 6.04 Å². The van der Waals surface area contributed by atoms with Crippen molar-refractivity contribution in [1.82, 2.24) is 4.90 Å². The highest BCUT2D eigenvalue weighted by molar-refractivity contribution is 5.01. The Morgan fingerprint density at radius 2 is 1.16 bits per heavy atom. The standard InChI is InChI=1S/C23H42N2/c1-15(2)20-10-8-17(5)12-22(20)25(19(7)14-24)23-13-18(6)9-11-21(23)16(3)4/h15-23H,8-13H2,1-7H3. The minimum atomic E-state index is 0.0353. The molecule has 0 aromatic carbocycles. The van der Waals surface area contributed by atoms with Crippen LogP contribution >= 0.6 is 0 Å². The first kappa shape index (κ1) is 20.8. The van der Waals surface area contributed by atoms with Crippen LogP contribution < -0.4 is 0 Å². The molecule has 7 atom stereocenters. The zero-order chi connectivity index (χ0) is 18.7. The molecule has 2 aliphatic carbocycles. The fourth-order valence-corrected chi connectivity index (χ4v) is 5.88. The van der Waals surface area contributed by atoms with Crippen molar-refractivity contribution < 1.29 is 0 Å². The van der Waals surface area contributed by atoms with Crippen LogP contribution in [0.3, 0.4) is 0 Å². The molecule has 2 fully saturated rings. The maximum absolute atomic E-state index is 9.86. The number of nitriles is 1. The van der Waals surface area contributed by atoms with Gasteiger partial charge < -0.3 is 0 Å². The first-order chi connectivity index (χ1) is 11.8. The van der Waals surface area contributed by atoms with E-state index in [0.717, 1.165) is 23.7 Å². The molecule has 0 aromatic heterocycles. The number of rotatable bonds is 5. The summed E-state index contributed by atoms with van der Waals surface area (Å²) in [5.41, 5.74) is 0. The Labute approximate surface area is 157 Å². The molecular weight excluding hydrogens is 304 g/mol. The molecule has 0 aromatic rings. The quantitative estimate of drug-likeness (QED) is 0.599. The lowest BCUT2D eigenvalue weighted by Gasteiger charge is -2.52. The molecule has 25 heavy (non-hydrogen) atoms. The van der Waals surface area contributed by atoms with Gasteiger partial charge in [0.15, 0.2) is 0 Å². The second-order valence-electron chi connectivity index (χ2n) is 10.0. The summed E-state index contributed by atoms with van der Waals surface area (Å²) in [5.74, 6) is 4.52. The van der Waals surface area contributed by atoms with Crippen LogP contribution in [0, 0.1) is 46.8 Å². The summed E-state index contributed by atoms with van der Waals surface area (Å²) in [6.45, 7) is 16.6. The van der Waals surface area contributed by atoms with E-state index in [1.165, 1.54) is 38.5 Å². The lowest BCUT2D eigenvalue weighted by Crippen LogP contribution is -2.57. The summed E-state index contributed by atoms with van der Waals surface area (Å²) in [6.07, 6.45) is 7.97. The maximum Gasteiger partial charge on any atom is 0.0954 e. The van der Waals surface area contributed by atoms with Gasteiger partial charge in [-0.25, -0.2) is 0 Å². The molecule has 2 aliphatic rings. The minimum absolute atomic E-state index is 0.0353. The van der Waals surface area contributed by atoms with Gasteiger partial charge in [-0.15, -0.1) is 0 Å². The van der Waals surface area contributed by atoms with Gasteiger partial charge >= 0.3 is 0 Å². The van der Waals surface area contributed by atoms with E-state index >= 15 is 0 Å². The van der Waals surface area contributed by atoms with Crippen molar-refractivity contribution in [2.24, 2.45) is 35.5 Å². The van der Waals surface area contributed by atoms with Crippen molar-refractivity contribution in [2.45, 2.75) is 105 Å². The molecule has 0 bridgehead atoms. The summed E-state index contributed by atoms with van der Waals surface area (Å²) in [5, 5.41) is 9.86. The summed E-state index contributed by atoms with van der Waals surface area (Å²) in [4.78, 5) is 2.72. The summed E-state index contributed by atoms with van der Waals surface area (Å²) in [6, 6.07) is 3.85. The van der Waals surface area contributed by atoms with Gasteiger partial charge in [-0.05, 0) is 68.1 Å². The lowest BCUT2D eigenvalue weighted by atomic mass is 9.69. The van der Waals surface area contributed by atoms with Gasteiger partial charge in [-0.2, -0.15) is 5.26 Å². The van der Waals surface area contributed by atoms with Crippen LogP contribution in [0.5, 0.6) is 0 Å². The van der Waals surface area contributed by atoms with Crippen LogP contribution in [0.1, 0.15) is 87.0 Å². The van der Waals surface area contributed by atoms with Crippen LogP contribution in [0.15, 0.2) is 0 Å². The van der Waals surface area contributed by atoms with E-state index in [1.807, 2.05) is 0 Å². The molecule has 0 saturated heterocycles. The number of hydrogen-bond donors (Lipinski definition) is 0. The SMILES string of the molecule is CC1CCC(C(C)C)C(N(C(C)C#N)C2CC(C)CCC2C(C)C)C1. The van der Waals surface area contributed by atoms with E-state index < -0.39 is 0 Å². The zero-order valence-electron chi connectivity index (χ0n) is 17.8. The maximum atomic E-state index is 9.86. The van der Waals surface area contributed by atoms with E-state index in [4.69, 9.17) is 0 Å². The Morgan fingerprint density at radius 1 is 0.760 bits per heavy atom. The highest BCUT2D eigenvalue weighted by Crippen LogP contribution is 2.43. The number of nitrogens with zero attached hydrogens (tertiary/aromatic N) is 2. The van der Waals surface area contributed by atoms with E-state index in [0.29, 0.717) is 23.9 Å². The fourth-order valence-electron chi connectivity index (χ4n) is 5.88. The average Bonchev–Trinajstić information content (AvgIpc) is 2.54. The van der Waals surface area contributed by atoms with Crippen molar-refractivity contribution in [3.63, 3.8) is 0 Å². The molecule has 7 unspecified atom stereocenters.